The molecule has 1 heterocycles. The maximum absolute atomic E-state index is 11.8. The van der Waals surface area contributed by atoms with Crippen molar-refractivity contribution < 1.29 is 19.1 Å². The number of nitrogens with zero attached hydrogens (tertiary/aromatic N) is 1. The van der Waals surface area contributed by atoms with Gasteiger partial charge in [0.15, 0.2) is 6.10 Å². The van der Waals surface area contributed by atoms with E-state index in [4.69, 9.17) is 4.74 Å². The predicted octanol–water partition coefficient (Wildman–Crippen LogP) is 2.03. The van der Waals surface area contributed by atoms with E-state index in [0.29, 0.717) is 12.2 Å². The second-order valence-electron chi connectivity index (χ2n) is 5.19. The van der Waals surface area contributed by atoms with Gasteiger partial charge < -0.3 is 10.1 Å². The highest BCUT2D eigenvalue weighted by atomic mass is 16.5. The number of para-hydroxylation sites is 1. The molecule has 0 bridgehead atoms. The Morgan fingerprint density at radius 2 is 1.96 bits per heavy atom. The minimum Gasteiger partial charge on any atom is -0.449 e. The average molecular weight is 341 g/mol. The first kappa shape index (κ1) is 18.1. The van der Waals surface area contributed by atoms with Crippen molar-refractivity contribution in [1.82, 2.24) is 15.6 Å². The zero-order chi connectivity index (χ0) is 18.2. The summed E-state index contributed by atoms with van der Waals surface area (Å²) in [6.07, 6.45) is 1.60. The number of esters is 1. The molecule has 1 atom stereocenters. The molecule has 130 valence electrons. The van der Waals surface area contributed by atoms with Gasteiger partial charge in [0.25, 0.3) is 5.91 Å². The molecule has 0 radical (unpaired) electrons. The lowest BCUT2D eigenvalue weighted by molar-refractivity contribution is -0.149. The number of hydrogen-bond donors (Lipinski definition) is 2. The van der Waals surface area contributed by atoms with Gasteiger partial charge in [-0.25, -0.2) is 14.6 Å². The van der Waals surface area contributed by atoms with Crippen LogP contribution in [0.2, 0.25) is 0 Å². The Morgan fingerprint density at radius 1 is 1.20 bits per heavy atom. The number of benzene rings is 1. The fraction of sp³-hybridized carbons (Fsp3) is 0.222. The molecular weight excluding hydrogens is 322 g/mol. The number of amides is 3. The van der Waals surface area contributed by atoms with Crippen LogP contribution in [0.25, 0.3) is 17.0 Å². The molecule has 1 aromatic carbocycles. The summed E-state index contributed by atoms with van der Waals surface area (Å²) in [5.41, 5.74) is 1.41. The first-order valence-electron chi connectivity index (χ1n) is 7.82. The number of nitrogens with one attached hydrogen (secondary N) is 2. The van der Waals surface area contributed by atoms with Crippen LogP contribution in [0.15, 0.2) is 42.5 Å². The van der Waals surface area contributed by atoms with Crippen LogP contribution in [-0.2, 0) is 14.3 Å². The molecule has 0 aliphatic rings. The molecule has 3 amide bonds. The van der Waals surface area contributed by atoms with Crippen LogP contribution >= 0.6 is 0 Å². The molecule has 7 heteroatoms. The van der Waals surface area contributed by atoms with E-state index in [2.05, 4.69) is 15.6 Å². The summed E-state index contributed by atoms with van der Waals surface area (Å²) < 4.78 is 4.95. The first-order chi connectivity index (χ1) is 12.0. The highest BCUT2D eigenvalue weighted by Gasteiger charge is 2.18. The minimum atomic E-state index is -1.09. The molecule has 0 fully saturated rings. The fourth-order valence-electron chi connectivity index (χ4n) is 2.01. The number of carbonyl (C=O) groups is 3. The number of fused-ring (bicyclic) bond motifs is 1. The highest BCUT2D eigenvalue weighted by Crippen LogP contribution is 2.12. The normalized spacial score (nSPS) is 11.9. The molecule has 0 aliphatic heterocycles. The molecule has 2 N–H and O–H groups in total. The molecule has 0 saturated heterocycles. The van der Waals surface area contributed by atoms with Gasteiger partial charge in [0.1, 0.15) is 0 Å². The third-order valence-corrected chi connectivity index (χ3v) is 3.25. The highest BCUT2D eigenvalue weighted by molar-refractivity contribution is 5.98. The third kappa shape index (κ3) is 5.42. The van der Waals surface area contributed by atoms with Gasteiger partial charge in [-0.15, -0.1) is 0 Å². The molecule has 0 aliphatic carbocycles. The number of aromatic nitrogens is 1. The van der Waals surface area contributed by atoms with Gasteiger partial charge in [-0.2, -0.15) is 0 Å². The van der Waals surface area contributed by atoms with Gasteiger partial charge in [-0.3, -0.25) is 10.1 Å². The Labute approximate surface area is 145 Å². The number of imide groups is 1. The van der Waals surface area contributed by atoms with Gasteiger partial charge in [-0.1, -0.05) is 24.3 Å². The standard InChI is InChI=1S/C18H19N3O4/c1-3-19-18(24)21-17(23)12(2)25-16(22)11-10-14-9-8-13-6-4-5-7-15(13)20-14/h4-12H,3H2,1-2H3,(H2,19,21,23,24)/b11-10+. The van der Waals surface area contributed by atoms with Crippen LogP contribution in [-0.4, -0.2) is 35.5 Å². The van der Waals surface area contributed by atoms with E-state index in [9.17, 15) is 14.4 Å². The summed E-state index contributed by atoms with van der Waals surface area (Å²) >= 11 is 0. The van der Waals surface area contributed by atoms with Gasteiger partial charge in [0, 0.05) is 18.0 Å². The minimum absolute atomic E-state index is 0.384. The maximum atomic E-state index is 11.8. The van der Waals surface area contributed by atoms with Crippen molar-refractivity contribution >= 4 is 34.9 Å². The molecular formula is C18H19N3O4. The fourth-order valence-corrected chi connectivity index (χ4v) is 2.01. The van der Waals surface area contributed by atoms with E-state index in [0.717, 1.165) is 10.9 Å². The topological polar surface area (TPSA) is 97.4 Å². The van der Waals surface area contributed by atoms with Gasteiger partial charge in [-0.05, 0) is 32.1 Å². The predicted molar refractivity (Wildman–Crippen MR) is 93.5 cm³/mol. The summed E-state index contributed by atoms with van der Waals surface area (Å²) in [6.45, 7) is 3.49. The number of pyridine rings is 1. The smallest absolute Gasteiger partial charge is 0.331 e. The van der Waals surface area contributed by atoms with E-state index in [-0.39, 0.29) is 0 Å². The van der Waals surface area contributed by atoms with Crippen LogP contribution in [0.3, 0.4) is 0 Å². The Kier molecular flexibility index (Phi) is 6.22. The molecule has 1 aromatic heterocycles. The van der Waals surface area contributed by atoms with Gasteiger partial charge >= 0.3 is 12.0 Å². The van der Waals surface area contributed by atoms with E-state index in [1.165, 1.54) is 19.1 Å². The zero-order valence-electron chi connectivity index (χ0n) is 14.0. The van der Waals surface area contributed by atoms with Crippen molar-refractivity contribution in [2.45, 2.75) is 20.0 Å². The monoisotopic (exact) mass is 341 g/mol. The second kappa shape index (κ2) is 8.58. The Bertz CT molecular complexity index is 817. The van der Waals surface area contributed by atoms with E-state index >= 15 is 0 Å². The van der Waals surface area contributed by atoms with Crippen LogP contribution in [0.5, 0.6) is 0 Å². The van der Waals surface area contributed by atoms with Crippen LogP contribution in [0.1, 0.15) is 19.5 Å². The summed E-state index contributed by atoms with van der Waals surface area (Å²) in [6, 6.07) is 10.7. The van der Waals surface area contributed by atoms with Crippen LogP contribution in [0, 0.1) is 0 Å². The summed E-state index contributed by atoms with van der Waals surface area (Å²) in [7, 11) is 0. The summed E-state index contributed by atoms with van der Waals surface area (Å²) in [5.74, 6) is -1.40. The number of ether oxygens (including phenoxy) is 1. The number of carbonyl (C=O) groups excluding carboxylic acids is 3. The second-order valence-corrected chi connectivity index (χ2v) is 5.19. The molecule has 25 heavy (non-hydrogen) atoms. The van der Waals surface area contributed by atoms with Crippen molar-refractivity contribution in [2.24, 2.45) is 0 Å². The Hall–Kier alpha value is -3.22. The van der Waals surface area contributed by atoms with Crippen molar-refractivity contribution in [2.75, 3.05) is 6.54 Å². The maximum Gasteiger partial charge on any atom is 0.331 e. The number of rotatable bonds is 5. The summed E-state index contributed by atoms with van der Waals surface area (Å²) in [5, 5.41) is 5.49. The largest absolute Gasteiger partial charge is 0.449 e. The number of hydrogen-bond acceptors (Lipinski definition) is 5. The number of urea groups is 1. The Morgan fingerprint density at radius 3 is 2.72 bits per heavy atom. The van der Waals surface area contributed by atoms with E-state index < -0.39 is 24.0 Å². The van der Waals surface area contributed by atoms with Crippen molar-refractivity contribution in [3.8, 4) is 0 Å². The SMILES string of the molecule is CCNC(=O)NC(=O)C(C)OC(=O)/C=C/c1ccc2ccccc2n1. The van der Waals surface area contributed by atoms with E-state index in [1.807, 2.05) is 30.3 Å². The molecule has 7 nitrogen and oxygen atoms in total. The Balaban J connectivity index is 1.92. The molecule has 1 unspecified atom stereocenters. The molecule has 0 saturated carbocycles. The lowest BCUT2D eigenvalue weighted by Crippen LogP contribution is -2.44. The van der Waals surface area contributed by atoms with Crippen molar-refractivity contribution in [3.63, 3.8) is 0 Å². The third-order valence-electron chi connectivity index (χ3n) is 3.25. The van der Waals surface area contributed by atoms with Gasteiger partial charge in [0.2, 0.25) is 0 Å². The average Bonchev–Trinajstić information content (AvgIpc) is 2.59. The van der Waals surface area contributed by atoms with Gasteiger partial charge in [0.05, 0.1) is 11.2 Å². The lowest BCUT2D eigenvalue weighted by atomic mass is 10.2. The van der Waals surface area contributed by atoms with Crippen LogP contribution in [0.4, 0.5) is 4.79 Å². The first-order valence-corrected chi connectivity index (χ1v) is 7.82. The van der Waals surface area contributed by atoms with E-state index in [1.54, 1.807) is 13.0 Å². The summed E-state index contributed by atoms with van der Waals surface area (Å²) in [4.78, 5) is 39.1. The molecule has 2 aromatic rings. The van der Waals surface area contributed by atoms with Crippen LogP contribution < -0.4 is 10.6 Å². The quantitative estimate of drug-likeness (QED) is 0.640. The molecule has 0 spiro atoms. The van der Waals surface area contributed by atoms with Crippen molar-refractivity contribution in [3.05, 3.63) is 48.2 Å². The van der Waals surface area contributed by atoms with Crippen molar-refractivity contribution in [1.29, 1.82) is 0 Å². The lowest BCUT2D eigenvalue weighted by Gasteiger charge is -2.11. The molecule has 2 rings (SSSR count). The zero-order valence-corrected chi connectivity index (χ0v) is 14.0.